The Hall–Kier alpha value is -3.86. The first-order chi connectivity index (χ1) is 37.3. The summed E-state index contributed by atoms with van der Waals surface area (Å²) >= 11 is 0. The van der Waals surface area contributed by atoms with E-state index in [1.807, 2.05) is 54.4 Å². The molecule has 0 aliphatic heterocycles. The SMILES string of the molecule is CCCCCC(OC(=O)CCCC(=O)OCC[N+](C)(C)C)C(O)CC=CCCCCCCCC(=O)NCCCCCCNC(=O)CCCCCCCC=CCC(O)C(CCCCC)OC(=O)CCCC(=O)OCC[N+](C)(C)C. The smallest absolute Gasteiger partial charge is 0.306 e. The lowest BCUT2D eigenvalue weighted by Gasteiger charge is -2.23. The standard InChI is InChI=1S/C62H114N4O12/c1-9-11-27-39-55(77-61(73)45-35-43-59(71)75-51-49-65(3,4)5)53(67)37-29-21-17-13-15-19-23-31-41-57(69)63-47-33-25-26-34-48-64-58(70)42-32-24-20-16-14-18-22-30-38-54(68)56(40-28-12-10-2)78-62(74)46-36-44-60(72)76-52-50-66(6,7)8/h21-22,29-30,53-56,67-68H,9-20,23-28,31-52H2,1-8H3/p+2. The number of unbranched alkanes of at least 4 members (excludes halogenated alkanes) is 17. The maximum Gasteiger partial charge on any atom is 0.306 e. The molecule has 0 saturated heterocycles. The number of allylic oxidation sites excluding steroid dienone is 2. The van der Waals surface area contributed by atoms with Crippen LogP contribution in [0.4, 0.5) is 0 Å². The second-order valence-corrected chi connectivity index (χ2v) is 23.5. The molecule has 0 fully saturated rings. The zero-order valence-electron chi connectivity index (χ0n) is 50.8. The molecule has 4 N–H and O–H groups in total. The van der Waals surface area contributed by atoms with Crippen molar-refractivity contribution in [3.8, 4) is 0 Å². The molecule has 78 heavy (non-hydrogen) atoms. The van der Waals surface area contributed by atoms with Gasteiger partial charge in [-0.2, -0.15) is 0 Å². The third-order valence-corrected chi connectivity index (χ3v) is 13.6. The zero-order valence-corrected chi connectivity index (χ0v) is 50.8. The molecule has 0 aromatic rings. The number of quaternary nitrogens is 2. The molecular formula is C62H116N4O12+2. The van der Waals surface area contributed by atoms with Gasteiger partial charge in [0.25, 0.3) is 0 Å². The minimum Gasteiger partial charge on any atom is -0.460 e. The Labute approximate surface area is 474 Å². The third kappa shape index (κ3) is 50.4. The molecule has 0 spiro atoms. The highest BCUT2D eigenvalue weighted by Gasteiger charge is 2.24. The van der Waals surface area contributed by atoms with Crippen LogP contribution in [0.5, 0.6) is 0 Å². The van der Waals surface area contributed by atoms with Gasteiger partial charge in [-0.3, -0.25) is 28.8 Å². The van der Waals surface area contributed by atoms with E-state index < -0.39 is 36.4 Å². The van der Waals surface area contributed by atoms with Crippen molar-refractivity contribution in [2.24, 2.45) is 0 Å². The molecule has 0 heterocycles. The fraction of sp³-hybridized carbons (Fsp3) is 0.839. The zero-order chi connectivity index (χ0) is 58.1. The fourth-order valence-corrected chi connectivity index (χ4v) is 8.47. The molecule has 0 aliphatic carbocycles. The van der Waals surface area contributed by atoms with E-state index in [4.69, 9.17) is 18.9 Å². The van der Waals surface area contributed by atoms with E-state index >= 15 is 0 Å². The number of nitrogens with one attached hydrogen (secondary N) is 2. The first-order valence-electron chi connectivity index (χ1n) is 30.8. The highest BCUT2D eigenvalue weighted by Crippen LogP contribution is 2.18. The molecule has 0 aromatic heterocycles. The second kappa shape index (κ2) is 49.0. The van der Waals surface area contributed by atoms with Gasteiger partial charge in [0.15, 0.2) is 0 Å². The van der Waals surface area contributed by atoms with E-state index in [9.17, 15) is 39.0 Å². The van der Waals surface area contributed by atoms with Crippen molar-refractivity contribution in [3.63, 3.8) is 0 Å². The number of likely N-dealkylation sites (N-methyl/N-ethyl adjacent to an activating group) is 2. The summed E-state index contributed by atoms with van der Waals surface area (Å²) in [6.45, 7) is 7.73. The van der Waals surface area contributed by atoms with Gasteiger partial charge in [-0.1, -0.05) is 115 Å². The van der Waals surface area contributed by atoms with E-state index in [0.717, 1.165) is 154 Å². The maximum atomic E-state index is 12.6. The summed E-state index contributed by atoms with van der Waals surface area (Å²) in [6.07, 6.45) is 31.6. The summed E-state index contributed by atoms with van der Waals surface area (Å²) in [7, 11) is 12.2. The molecule has 0 aromatic carbocycles. The van der Waals surface area contributed by atoms with Gasteiger partial charge in [0, 0.05) is 51.6 Å². The Morgan fingerprint density at radius 3 is 1.13 bits per heavy atom. The van der Waals surface area contributed by atoms with Gasteiger partial charge in [0.1, 0.15) is 38.5 Å². The monoisotopic (exact) mass is 1110 g/mol. The number of aliphatic hydroxyl groups is 2. The summed E-state index contributed by atoms with van der Waals surface area (Å²) in [6, 6.07) is 0. The van der Waals surface area contributed by atoms with Crippen LogP contribution in [-0.2, 0) is 47.7 Å². The van der Waals surface area contributed by atoms with Crippen molar-refractivity contribution in [2.45, 2.75) is 257 Å². The normalized spacial score (nSPS) is 13.5. The first-order valence-corrected chi connectivity index (χ1v) is 30.8. The topological polar surface area (TPSA) is 204 Å². The number of carbonyl (C=O) groups is 6. The van der Waals surface area contributed by atoms with Crippen LogP contribution >= 0.6 is 0 Å². The predicted octanol–water partition coefficient (Wildman–Crippen LogP) is 10.7. The number of hydrogen-bond acceptors (Lipinski definition) is 12. The number of ether oxygens (including phenoxy) is 4. The number of carbonyl (C=O) groups excluding carboxylic acids is 6. The van der Waals surface area contributed by atoms with Crippen LogP contribution < -0.4 is 10.6 Å². The lowest BCUT2D eigenvalue weighted by molar-refractivity contribution is -0.870. The van der Waals surface area contributed by atoms with Crippen molar-refractivity contribution in [2.75, 3.05) is 81.7 Å². The molecule has 454 valence electrons. The molecule has 2 amide bonds. The number of esters is 4. The summed E-state index contributed by atoms with van der Waals surface area (Å²) in [5, 5.41) is 27.8. The van der Waals surface area contributed by atoms with Crippen LogP contribution in [0.3, 0.4) is 0 Å². The highest BCUT2D eigenvalue weighted by molar-refractivity contribution is 5.76. The van der Waals surface area contributed by atoms with Crippen LogP contribution in [0.2, 0.25) is 0 Å². The van der Waals surface area contributed by atoms with E-state index in [1.165, 1.54) is 0 Å². The van der Waals surface area contributed by atoms with Crippen LogP contribution in [0.1, 0.15) is 232 Å². The van der Waals surface area contributed by atoms with Crippen LogP contribution in [0.15, 0.2) is 24.3 Å². The van der Waals surface area contributed by atoms with Gasteiger partial charge >= 0.3 is 23.9 Å². The van der Waals surface area contributed by atoms with Crippen molar-refractivity contribution in [1.29, 1.82) is 0 Å². The summed E-state index contributed by atoms with van der Waals surface area (Å²) in [5.41, 5.74) is 0. The van der Waals surface area contributed by atoms with Gasteiger partial charge in [-0.25, -0.2) is 0 Å². The number of nitrogens with zero attached hydrogens (tertiary/aromatic N) is 2. The molecule has 0 aliphatic rings. The Bertz CT molecular complexity index is 1490. The number of amides is 2. The Kier molecular flexibility index (Phi) is 46.6. The summed E-state index contributed by atoms with van der Waals surface area (Å²) < 4.78 is 23.3. The molecule has 16 heteroatoms. The average molecular weight is 1110 g/mol. The van der Waals surface area contributed by atoms with Gasteiger partial charge in [-0.15, -0.1) is 0 Å². The molecule has 4 atom stereocenters. The maximum absolute atomic E-state index is 12.6. The molecule has 0 saturated carbocycles. The van der Waals surface area contributed by atoms with Gasteiger partial charge < -0.3 is 48.8 Å². The average Bonchev–Trinajstić information content (AvgIpc) is 3.36. The second-order valence-electron chi connectivity index (χ2n) is 23.5. The van der Waals surface area contributed by atoms with Crippen molar-refractivity contribution in [1.82, 2.24) is 10.6 Å². The fourth-order valence-electron chi connectivity index (χ4n) is 8.47. The number of rotatable bonds is 53. The van der Waals surface area contributed by atoms with E-state index in [1.54, 1.807) is 0 Å². The Balaban J connectivity index is 3.97. The van der Waals surface area contributed by atoms with Crippen molar-refractivity contribution >= 4 is 35.7 Å². The largest absolute Gasteiger partial charge is 0.460 e. The Morgan fingerprint density at radius 2 is 0.756 bits per heavy atom. The van der Waals surface area contributed by atoms with Crippen LogP contribution in [0, 0.1) is 0 Å². The lowest BCUT2D eigenvalue weighted by Crippen LogP contribution is -2.38. The highest BCUT2D eigenvalue weighted by atomic mass is 16.6. The Morgan fingerprint density at radius 1 is 0.410 bits per heavy atom. The molecular weight excluding hydrogens is 993 g/mol. The van der Waals surface area contributed by atoms with Gasteiger partial charge in [-0.05, 0) is 103 Å². The lowest BCUT2D eigenvalue weighted by atomic mass is 10.0. The molecule has 0 bridgehead atoms. The van der Waals surface area contributed by atoms with E-state index in [2.05, 4.69) is 36.6 Å². The minimum atomic E-state index is -0.772. The quantitative estimate of drug-likeness (QED) is 0.0148. The summed E-state index contributed by atoms with van der Waals surface area (Å²) in [5.74, 6) is -1.18. The molecule has 0 radical (unpaired) electrons. The van der Waals surface area contributed by atoms with Gasteiger partial charge in [0.2, 0.25) is 11.8 Å². The van der Waals surface area contributed by atoms with Crippen LogP contribution in [-0.4, -0.2) is 161 Å². The van der Waals surface area contributed by atoms with Crippen LogP contribution in [0.25, 0.3) is 0 Å². The van der Waals surface area contributed by atoms with E-state index in [0.29, 0.717) is 86.6 Å². The minimum absolute atomic E-state index is 0.110. The molecule has 0 rings (SSSR count). The predicted molar refractivity (Wildman–Crippen MR) is 312 cm³/mol. The first kappa shape index (κ1) is 74.1. The molecule has 16 nitrogen and oxygen atoms in total. The summed E-state index contributed by atoms with van der Waals surface area (Å²) in [4.78, 5) is 73.8. The van der Waals surface area contributed by atoms with Crippen molar-refractivity contribution < 1.29 is 66.9 Å². The van der Waals surface area contributed by atoms with E-state index in [-0.39, 0.29) is 49.4 Å². The number of aliphatic hydroxyl groups excluding tert-OH is 2. The molecule has 4 unspecified atom stereocenters. The third-order valence-electron chi connectivity index (χ3n) is 13.6. The van der Waals surface area contributed by atoms with Crippen molar-refractivity contribution in [3.05, 3.63) is 24.3 Å². The number of hydrogen-bond donors (Lipinski definition) is 4. The van der Waals surface area contributed by atoms with Gasteiger partial charge in [0.05, 0.1) is 54.5 Å².